The Kier molecular flexibility index (Phi) is 6.25. The third-order valence-electron chi connectivity index (χ3n) is 3.16. The first-order valence-corrected chi connectivity index (χ1v) is 6.77. The molecular formula is C12H21N5O4. The van der Waals surface area contributed by atoms with Crippen LogP contribution >= 0.6 is 0 Å². The summed E-state index contributed by atoms with van der Waals surface area (Å²) in [5.41, 5.74) is -1.38. The fourth-order valence-corrected chi connectivity index (χ4v) is 1.62. The first kappa shape index (κ1) is 17.1. The van der Waals surface area contributed by atoms with Crippen molar-refractivity contribution in [1.82, 2.24) is 9.97 Å². The van der Waals surface area contributed by atoms with Gasteiger partial charge >= 0.3 is 5.69 Å². The van der Waals surface area contributed by atoms with Gasteiger partial charge in [-0.1, -0.05) is 13.8 Å². The van der Waals surface area contributed by atoms with E-state index in [1.165, 1.54) is 0 Å². The Bertz CT molecular complexity index is 470. The third kappa shape index (κ3) is 4.23. The zero-order chi connectivity index (χ0) is 15.9. The Morgan fingerprint density at radius 1 is 1.38 bits per heavy atom. The van der Waals surface area contributed by atoms with E-state index in [1.54, 1.807) is 6.92 Å². The van der Waals surface area contributed by atoms with Crippen molar-refractivity contribution in [3.8, 4) is 0 Å². The topological polar surface area (TPSA) is 133 Å². The summed E-state index contributed by atoms with van der Waals surface area (Å²) in [6, 6.07) is 0. The highest BCUT2D eigenvalue weighted by molar-refractivity contribution is 5.58. The van der Waals surface area contributed by atoms with Crippen molar-refractivity contribution in [2.24, 2.45) is 0 Å². The van der Waals surface area contributed by atoms with Crippen LogP contribution in [0.2, 0.25) is 0 Å². The lowest BCUT2D eigenvalue weighted by atomic mass is 9.98. The van der Waals surface area contributed by atoms with Crippen molar-refractivity contribution in [2.45, 2.75) is 32.2 Å². The summed E-state index contributed by atoms with van der Waals surface area (Å²) in [4.78, 5) is 18.4. The molecule has 0 saturated carbocycles. The van der Waals surface area contributed by atoms with Gasteiger partial charge in [0.1, 0.15) is 6.20 Å². The summed E-state index contributed by atoms with van der Waals surface area (Å²) >= 11 is 0. The van der Waals surface area contributed by atoms with Gasteiger partial charge in [-0.25, -0.2) is 4.98 Å². The van der Waals surface area contributed by atoms with Gasteiger partial charge in [-0.2, -0.15) is 4.98 Å². The second kappa shape index (κ2) is 7.70. The summed E-state index contributed by atoms with van der Waals surface area (Å²) in [5, 5.41) is 35.6. The normalized spacial score (nSPS) is 11.2. The van der Waals surface area contributed by atoms with Gasteiger partial charge in [0, 0.05) is 6.54 Å². The minimum absolute atomic E-state index is 0.0291. The fourth-order valence-electron chi connectivity index (χ4n) is 1.62. The molecule has 0 bridgehead atoms. The lowest BCUT2D eigenvalue weighted by molar-refractivity contribution is -0.384. The van der Waals surface area contributed by atoms with Crippen LogP contribution in [0.5, 0.6) is 0 Å². The molecule has 0 saturated heterocycles. The fraction of sp³-hybridized carbons (Fsp3) is 0.667. The first-order chi connectivity index (χ1) is 10.0. The van der Waals surface area contributed by atoms with Crippen LogP contribution < -0.4 is 10.6 Å². The van der Waals surface area contributed by atoms with Crippen LogP contribution in [0.3, 0.4) is 0 Å². The van der Waals surface area contributed by atoms with Gasteiger partial charge < -0.3 is 20.8 Å². The van der Waals surface area contributed by atoms with Crippen molar-refractivity contribution in [2.75, 3.05) is 30.4 Å². The summed E-state index contributed by atoms with van der Waals surface area (Å²) in [5.74, 6) is 0.226. The van der Waals surface area contributed by atoms with Crippen molar-refractivity contribution in [3.05, 3.63) is 16.3 Å². The minimum atomic E-state index is -1.07. The molecule has 0 atom stereocenters. The number of rotatable bonds is 9. The van der Waals surface area contributed by atoms with E-state index in [0.717, 1.165) is 12.6 Å². The van der Waals surface area contributed by atoms with Crippen molar-refractivity contribution >= 4 is 17.5 Å². The summed E-state index contributed by atoms with van der Waals surface area (Å²) < 4.78 is 0. The van der Waals surface area contributed by atoms with E-state index in [4.69, 9.17) is 0 Å². The van der Waals surface area contributed by atoms with E-state index in [2.05, 4.69) is 20.6 Å². The number of nitro groups is 1. The molecule has 9 heteroatoms. The van der Waals surface area contributed by atoms with Gasteiger partial charge in [0.25, 0.3) is 0 Å². The molecule has 0 unspecified atom stereocenters. The van der Waals surface area contributed by atoms with E-state index in [9.17, 15) is 20.3 Å². The predicted octanol–water partition coefficient (Wildman–Crippen LogP) is 0.752. The van der Waals surface area contributed by atoms with Gasteiger partial charge in [-0.05, 0) is 12.8 Å². The highest BCUT2D eigenvalue weighted by Crippen LogP contribution is 2.26. The van der Waals surface area contributed by atoms with Crippen LogP contribution in [0.4, 0.5) is 17.5 Å². The molecule has 0 fully saturated rings. The Morgan fingerprint density at radius 2 is 2.05 bits per heavy atom. The average Bonchev–Trinajstić information content (AvgIpc) is 2.50. The number of aromatic nitrogens is 2. The van der Waals surface area contributed by atoms with E-state index in [1.807, 2.05) is 6.92 Å². The van der Waals surface area contributed by atoms with E-state index in [0.29, 0.717) is 13.0 Å². The minimum Gasteiger partial charge on any atom is -0.394 e. The Labute approximate surface area is 122 Å². The van der Waals surface area contributed by atoms with Gasteiger partial charge in [0.05, 0.1) is 23.7 Å². The SMILES string of the molecule is CCCNc1ncc([N+](=O)[O-])c(NC(CC)(CO)CO)n1. The van der Waals surface area contributed by atoms with E-state index < -0.39 is 10.5 Å². The molecule has 0 amide bonds. The molecule has 4 N–H and O–H groups in total. The quantitative estimate of drug-likeness (QED) is 0.388. The van der Waals surface area contributed by atoms with Crippen LogP contribution in [0, 0.1) is 10.1 Å². The smallest absolute Gasteiger partial charge is 0.329 e. The van der Waals surface area contributed by atoms with Gasteiger partial charge in [0.2, 0.25) is 11.8 Å². The predicted molar refractivity (Wildman–Crippen MR) is 78.3 cm³/mol. The molecule has 1 rings (SSSR count). The lowest BCUT2D eigenvalue weighted by Crippen LogP contribution is -2.45. The van der Waals surface area contributed by atoms with Crippen molar-refractivity contribution in [1.29, 1.82) is 0 Å². The van der Waals surface area contributed by atoms with Crippen LogP contribution in [0.15, 0.2) is 6.20 Å². The zero-order valence-electron chi connectivity index (χ0n) is 12.2. The summed E-state index contributed by atoms with van der Waals surface area (Å²) in [7, 11) is 0. The van der Waals surface area contributed by atoms with E-state index >= 15 is 0 Å². The molecule has 1 heterocycles. The van der Waals surface area contributed by atoms with Crippen LogP contribution in [0.25, 0.3) is 0 Å². The second-order valence-electron chi connectivity index (χ2n) is 4.69. The molecule has 118 valence electrons. The number of nitrogens with one attached hydrogen (secondary N) is 2. The first-order valence-electron chi connectivity index (χ1n) is 6.77. The number of aliphatic hydroxyl groups is 2. The molecule has 1 aromatic rings. The Morgan fingerprint density at radius 3 is 2.52 bits per heavy atom. The number of nitrogens with zero attached hydrogens (tertiary/aromatic N) is 3. The summed E-state index contributed by atoms with van der Waals surface area (Å²) in [6.45, 7) is 3.60. The van der Waals surface area contributed by atoms with Crippen LogP contribution in [-0.2, 0) is 0 Å². The summed E-state index contributed by atoms with van der Waals surface area (Å²) in [6.07, 6.45) is 2.33. The Balaban J connectivity index is 3.13. The highest BCUT2D eigenvalue weighted by atomic mass is 16.6. The zero-order valence-corrected chi connectivity index (χ0v) is 12.2. The molecule has 0 aromatic carbocycles. The van der Waals surface area contributed by atoms with Gasteiger partial charge in [-0.3, -0.25) is 10.1 Å². The molecule has 0 radical (unpaired) electrons. The molecule has 21 heavy (non-hydrogen) atoms. The standard InChI is InChI=1S/C12H21N5O4/c1-3-5-13-11-14-6-9(17(20)21)10(15-11)16-12(4-2,7-18)8-19/h6,18-19H,3-5,7-8H2,1-2H3,(H2,13,14,15,16). The average molecular weight is 299 g/mol. The number of aliphatic hydroxyl groups excluding tert-OH is 2. The molecular weight excluding hydrogens is 278 g/mol. The number of anilines is 2. The van der Waals surface area contributed by atoms with Crippen LogP contribution in [0.1, 0.15) is 26.7 Å². The molecule has 0 aliphatic heterocycles. The van der Waals surface area contributed by atoms with Crippen LogP contribution in [-0.4, -0.2) is 50.4 Å². The second-order valence-corrected chi connectivity index (χ2v) is 4.69. The molecule has 9 nitrogen and oxygen atoms in total. The molecule has 1 aromatic heterocycles. The van der Waals surface area contributed by atoms with Gasteiger partial charge in [-0.15, -0.1) is 0 Å². The van der Waals surface area contributed by atoms with E-state index in [-0.39, 0.29) is 30.7 Å². The largest absolute Gasteiger partial charge is 0.394 e. The molecule has 0 aliphatic rings. The van der Waals surface area contributed by atoms with Crippen molar-refractivity contribution in [3.63, 3.8) is 0 Å². The third-order valence-corrected chi connectivity index (χ3v) is 3.16. The lowest BCUT2D eigenvalue weighted by Gasteiger charge is -2.30. The monoisotopic (exact) mass is 299 g/mol. The molecule has 0 spiro atoms. The maximum absolute atomic E-state index is 11.0. The molecule has 0 aliphatic carbocycles. The van der Waals surface area contributed by atoms with Crippen molar-refractivity contribution < 1.29 is 15.1 Å². The maximum atomic E-state index is 11.0. The van der Waals surface area contributed by atoms with Gasteiger partial charge in [0.15, 0.2) is 0 Å². The number of hydrogen-bond donors (Lipinski definition) is 4. The number of hydrogen-bond acceptors (Lipinski definition) is 8. The Hall–Kier alpha value is -2.00. The highest BCUT2D eigenvalue weighted by Gasteiger charge is 2.30. The maximum Gasteiger partial charge on any atom is 0.329 e.